The first kappa shape index (κ1) is 22.5. The zero-order chi connectivity index (χ0) is 22.0. The number of anilines is 1. The van der Waals surface area contributed by atoms with Crippen LogP contribution < -0.4 is 15.5 Å². The topological polar surface area (TPSA) is 79.8 Å². The van der Waals surface area contributed by atoms with Gasteiger partial charge in [0.25, 0.3) is 0 Å². The van der Waals surface area contributed by atoms with Crippen molar-refractivity contribution in [2.24, 2.45) is 5.10 Å². The third kappa shape index (κ3) is 7.31. The molecule has 0 fully saturated rings. The molecule has 0 saturated carbocycles. The summed E-state index contributed by atoms with van der Waals surface area (Å²) in [7, 11) is 0. The first-order valence-electron chi connectivity index (χ1n) is 8.74. The highest BCUT2D eigenvalue weighted by atomic mass is 19.4. The molecule has 0 aliphatic carbocycles. The first-order chi connectivity index (χ1) is 14.3. The lowest BCUT2D eigenvalue weighted by Crippen LogP contribution is -2.20. The lowest BCUT2D eigenvalue weighted by Gasteiger charge is -2.09. The average Bonchev–Trinajstić information content (AvgIpc) is 2.71. The molecule has 0 aliphatic rings. The monoisotopic (exact) mass is 417 g/mol. The molecule has 0 spiro atoms. The Morgan fingerprint density at radius 1 is 1.10 bits per heavy atom. The third-order valence-electron chi connectivity index (χ3n) is 3.68. The number of hydrazone groups is 1. The van der Waals surface area contributed by atoms with Crippen LogP contribution in [0.2, 0.25) is 0 Å². The number of ether oxygens (including phenoxy) is 1. The number of alkyl halides is 3. The van der Waals surface area contributed by atoms with E-state index in [1.165, 1.54) is 18.3 Å². The summed E-state index contributed by atoms with van der Waals surface area (Å²) in [5.74, 6) is 1.71. The van der Waals surface area contributed by atoms with E-state index in [-0.39, 0.29) is 25.1 Å². The van der Waals surface area contributed by atoms with Gasteiger partial charge < -0.3 is 10.1 Å². The van der Waals surface area contributed by atoms with Crippen molar-refractivity contribution in [3.05, 3.63) is 59.7 Å². The maximum absolute atomic E-state index is 12.7. The fraction of sp³-hybridized carbons (Fsp3) is 0.190. The van der Waals surface area contributed by atoms with Crippen LogP contribution in [0.5, 0.6) is 5.75 Å². The Morgan fingerprint density at radius 3 is 2.57 bits per heavy atom. The number of hydrogen-bond donors (Lipinski definition) is 2. The van der Waals surface area contributed by atoms with Crippen molar-refractivity contribution in [3.8, 4) is 18.1 Å². The van der Waals surface area contributed by atoms with E-state index in [2.05, 4.69) is 21.8 Å². The van der Waals surface area contributed by atoms with Crippen LogP contribution in [0.1, 0.15) is 24.0 Å². The van der Waals surface area contributed by atoms with E-state index in [1.807, 2.05) is 0 Å². The Morgan fingerprint density at radius 2 is 1.83 bits per heavy atom. The second-order valence-electron chi connectivity index (χ2n) is 5.95. The molecule has 0 atom stereocenters. The SMILES string of the molecule is C#CCOc1ccccc1C=NNC(=O)CCC(=O)Nc1cccc(C(F)(F)F)c1. The summed E-state index contributed by atoms with van der Waals surface area (Å²) in [4.78, 5) is 23.7. The van der Waals surface area contributed by atoms with Crippen molar-refractivity contribution in [2.45, 2.75) is 19.0 Å². The van der Waals surface area contributed by atoms with E-state index < -0.39 is 23.6 Å². The minimum absolute atomic E-state index is 0.00294. The zero-order valence-corrected chi connectivity index (χ0v) is 15.7. The Hall–Kier alpha value is -3.80. The zero-order valence-electron chi connectivity index (χ0n) is 15.7. The lowest BCUT2D eigenvalue weighted by molar-refractivity contribution is -0.137. The molecule has 156 valence electrons. The lowest BCUT2D eigenvalue weighted by atomic mass is 10.2. The number of terminal acetylenes is 1. The van der Waals surface area contributed by atoms with E-state index in [0.29, 0.717) is 11.3 Å². The predicted octanol–water partition coefficient (Wildman–Crippen LogP) is 3.59. The first-order valence-corrected chi connectivity index (χ1v) is 8.74. The quantitative estimate of drug-likeness (QED) is 0.391. The average molecular weight is 417 g/mol. The summed E-state index contributed by atoms with van der Waals surface area (Å²) >= 11 is 0. The highest BCUT2D eigenvalue weighted by Gasteiger charge is 2.30. The van der Waals surface area contributed by atoms with Gasteiger partial charge in [-0.2, -0.15) is 18.3 Å². The molecule has 2 amide bonds. The molecule has 0 aromatic heterocycles. The smallest absolute Gasteiger partial charge is 0.416 e. The van der Waals surface area contributed by atoms with Crippen LogP contribution in [0.3, 0.4) is 0 Å². The fourth-order valence-corrected chi connectivity index (χ4v) is 2.29. The molecule has 30 heavy (non-hydrogen) atoms. The maximum Gasteiger partial charge on any atom is 0.416 e. The Kier molecular flexibility index (Phi) is 7.99. The van der Waals surface area contributed by atoms with Crippen LogP contribution in [0, 0.1) is 12.3 Å². The van der Waals surface area contributed by atoms with Crippen LogP contribution >= 0.6 is 0 Å². The van der Waals surface area contributed by atoms with Crippen molar-refractivity contribution in [3.63, 3.8) is 0 Å². The van der Waals surface area contributed by atoms with Gasteiger partial charge in [-0.15, -0.1) is 6.42 Å². The van der Waals surface area contributed by atoms with Crippen LogP contribution in [0.4, 0.5) is 18.9 Å². The van der Waals surface area contributed by atoms with Crippen molar-refractivity contribution < 1.29 is 27.5 Å². The Bertz CT molecular complexity index is 966. The molecular weight excluding hydrogens is 399 g/mol. The van der Waals surface area contributed by atoms with Crippen LogP contribution in [-0.2, 0) is 15.8 Å². The van der Waals surface area contributed by atoms with E-state index in [0.717, 1.165) is 12.1 Å². The Labute approximate surface area is 171 Å². The molecule has 9 heteroatoms. The van der Waals surface area contributed by atoms with Gasteiger partial charge in [0.05, 0.1) is 11.8 Å². The van der Waals surface area contributed by atoms with E-state index in [9.17, 15) is 22.8 Å². The van der Waals surface area contributed by atoms with Crippen molar-refractivity contribution in [2.75, 3.05) is 11.9 Å². The van der Waals surface area contributed by atoms with Crippen molar-refractivity contribution in [1.82, 2.24) is 5.43 Å². The largest absolute Gasteiger partial charge is 0.480 e. The molecule has 2 aromatic rings. The summed E-state index contributed by atoms with van der Waals surface area (Å²) < 4.78 is 43.4. The van der Waals surface area contributed by atoms with E-state index in [1.54, 1.807) is 24.3 Å². The molecule has 2 rings (SSSR count). The van der Waals surface area contributed by atoms with Gasteiger partial charge in [0.2, 0.25) is 11.8 Å². The minimum Gasteiger partial charge on any atom is -0.480 e. The fourth-order valence-electron chi connectivity index (χ4n) is 2.29. The van der Waals surface area contributed by atoms with Gasteiger partial charge in [-0.25, -0.2) is 5.43 Å². The van der Waals surface area contributed by atoms with Gasteiger partial charge in [-0.1, -0.05) is 24.1 Å². The normalized spacial score (nSPS) is 11.0. The molecule has 0 radical (unpaired) electrons. The number of rotatable bonds is 8. The number of nitrogens with one attached hydrogen (secondary N) is 2. The maximum atomic E-state index is 12.7. The van der Waals surface area contributed by atoms with E-state index >= 15 is 0 Å². The molecule has 0 unspecified atom stereocenters. The molecule has 6 nitrogen and oxygen atoms in total. The van der Waals surface area contributed by atoms with Crippen LogP contribution in [0.15, 0.2) is 53.6 Å². The van der Waals surface area contributed by atoms with Crippen molar-refractivity contribution in [1.29, 1.82) is 0 Å². The molecule has 2 aromatic carbocycles. The number of carbonyl (C=O) groups excluding carboxylic acids is 2. The molecule has 0 bridgehead atoms. The highest BCUT2D eigenvalue weighted by Crippen LogP contribution is 2.30. The Balaban J connectivity index is 1.82. The molecule has 2 N–H and O–H groups in total. The van der Waals surface area contributed by atoms with Gasteiger partial charge in [-0.3, -0.25) is 9.59 Å². The highest BCUT2D eigenvalue weighted by molar-refractivity contribution is 5.93. The minimum atomic E-state index is -4.51. The number of halogens is 3. The molecule has 0 heterocycles. The molecule has 0 saturated heterocycles. The predicted molar refractivity (Wildman–Crippen MR) is 106 cm³/mol. The number of benzene rings is 2. The van der Waals surface area contributed by atoms with Gasteiger partial charge >= 0.3 is 6.18 Å². The molecular formula is C21H18F3N3O3. The number of amides is 2. The summed E-state index contributed by atoms with van der Waals surface area (Å²) in [6.07, 6.45) is 1.59. The molecule has 0 aliphatic heterocycles. The summed E-state index contributed by atoms with van der Waals surface area (Å²) in [5.41, 5.74) is 1.98. The van der Waals surface area contributed by atoms with E-state index in [4.69, 9.17) is 11.2 Å². The summed E-state index contributed by atoms with van der Waals surface area (Å²) in [6, 6.07) is 11.2. The number of nitrogens with zero attached hydrogens (tertiary/aromatic N) is 1. The van der Waals surface area contributed by atoms with Gasteiger partial charge in [-0.05, 0) is 30.3 Å². The standard InChI is InChI=1S/C21H18F3N3O3/c1-2-12-30-18-9-4-3-6-15(18)14-25-27-20(29)11-10-19(28)26-17-8-5-7-16(13-17)21(22,23)24/h1,3-9,13-14H,10-12H2,(H,26,28)(H,27,29). The van der Waals surface area contributed by atoms with Crippen molar-refractivity contribution >= 4 is 23.7 Å². The van der Waals surface area contributed by atoms with Crippen LogP contribution in [0.25, 0.3) is 0 Å². The number of para-hydroxylation sites is 1. The third-order valence-corrected chi connectivity index (χ3v) is 3.68. The second kappa shape index (κ2) is 10.7. The number of hydrogen-bond acceptors (Lipinski definition) is 4. The summed E-state index contributed by atoms with van der Waals surface area (Å²) in [5, 5.41) is 6.13. The number of carbonyl (C=O) groups is 2. The van der Waals surface area contributed by atoms with Crippen LogP contribution in [-0.4, -0.2) is 24.6 Å². The second-order valence-corrected chi connectivity index (χ2v) is 5.95. The van der Waals surface area contributed by atoms with Gasteiger partial charge in [0.15, 0.2) is 0 Å². The van der Waals surface area contributed by atoms with Gasteiger partial charge in [0.1, 0.15) is 12.4 Å². The summed E-state index contributed by atoms with van der Waals surface area (Å²) in [6.45, 7) is 0.0815. The van der Waals surface area contributed by atoms with Gasteiger partial charge in [0, 0.05) is 24.1 Å².